The van der Waals surface area contributed by atoms with Crippen LogP contribution < -0.4 is 4.74 Å². The molecule has 0 aliphatic rings. The van der Waals surface area contributed by atoms with Gasteiger partial charge in [0.05, 0.1) is 11.9 Å². The van der Waals surface area contributed by atoms with E-state index in [0.717, 1.165) is 10.2 Å². The molecule has 94 valence electrons. The number of halogens is 2. The van der Waals surface area contributed by atoms with Crippen LogP contribution in [0, 0.1) is 6.92 Å². The summed E-state index contributed by atoms with van der Waals surface area (Å²) in [5.41, 5.74) is 3.71. The predicted octanol–water partition coefficient (Wildman–Crippen LogP) is 5.25. The van der Waals surface area contributed by atoms with Gasteiger partial charge in [-0.1, -0.05) is 50.1 Å². The molecule has 0 aromatic heterocycles. The highest BCUT2D eigenvalue weighted by atomic mass is 79.9. The molecule has 0 N–H and O–H groups in total. The van der Waals surface area contributed by atoms with E-state index in [2.05, 4.69) is 63.0 Å². The second kappa shape index (κ2) is 5.89. The number of alkyl halides is 1. The van der Waals surface area contributed by atoms with Crippen LogP contribution in [0.2, 0.25) is 0 Å². The lowest BCUT2D eigenvalue weighted by Gasteiger charge is -2.15. The Morgan fingerprint density at radius 1 is 1.11 bits per heavy atom. The van der Waals surface area contributed by atoms with E-state index in [1.54, 1.807) is 7.11 Å². The molecule has 2 rings (SSSR count). The van der Waals surface area contributed by atoms with Gasteiger partial charge in [-0.3, -0.25) is 0 Å². The molecule has 2 aromatic carbocycles. The third kappa shape index (κ3) is 2.96. The molecule has 1 atom stereocenters. The summed E-state index contributed by atoms with van der Waals surface area (Å²) in [5.74, 6) is 0.894. The Balaban J connectivity index is 2.37. The first-order valence-corrected chi connectivity index (χ1v) is 7.36. The predicted molar refractivity (Wildman–Crippen MR) is 82.6 cm³/mol. The minimum absolute atomic E-state index is 0.195. The lowest BCUT2D eigenvalue weighted by Crippen LogP contribution is -1.96. The molecule has 0 bridgehead atoms. The van der Waals surface area contributed by atoms with E-state index >= 15 is 0 Å². The first kappa shape index (κ1) is 13.6. The lowest BCUT2D eigenvalue weighted by atomic mass is 10.0. The van der Waals surface area contributed by atoms with E-state index in [9.17, 15) is 0 Å². The molecule has 18 heavy (non-hydrogen) atoms. The smallest absolute Gasteiger partial charge is 0.119 e. The third-order valence-corrected chi connectivity index (χ3v) is 4.41. The number of hydrogen-bond acceptors (Lipinski definition) is 1. The van der Waals surface area contributed by atoms with Gasteiger partial charge in [0.15, 0.2) is 0 Å². The summed E-state index contributed by atoms with van der Waals surface area (Å²) in [6, 6.07) is 14.5. The number of aryl methyl sites for hydroxylation is 1. The van der Waals surface area contributed by atoms with E-state index in [0.29, 0.717) is 0 Å². The summed E-state index contributed by atoms with van der Waals surface area (Å²) in [4.78, 5) is 0.195. The second-order valence-electron chi connectivity index (χ2n) is 4.14. The van der Waals surface area contributed by atoms with Crippen LogP contribution in [0.15, 0.2) is 46.9 Å². The zero-order valence-electron chi connectivity index (χ0n) is 10.3. The van der Waals surface area contributed by atoms with Gasteiger partial charge in [0.2, 0.25) is 0 Å². The molecule has 0 aliphatic carbocycles. The Bertz CT molecular complexity index is 552. The third-order valence-electron chi connectivity index (χ3n) is 2.89. The van der Waals surface area contributed by atoms with Crippen LogP contribution in [0.1, 0.15) is 21.5 Å². The first-order valence-electron chi connectivity index (χ1n) is 5.66. The fourth-order valence-corrected chi connectivity index (χ4v) is 3.12. The van der Waals surface area contributed by atoms with E-state index in [4.69, 9.17) is 4.74 Å². The van der Waals surface area contributed by atoms with E-state index in [-0.39, 0.29) is 4.83 Å². The summed E-state index contributed by atoms with van der Waals surface area (Å²) in [6.45, 7) is 2.10. The minimum Gasteiger partial charge on any atom is -0.497 e. The molecule has 0 saturated carbocycles. The van der Waals surface area contributed by atoms with Crippen molar-refractivity contribution in [2.24, 2.45) is 0 Å². The molecular weight excluding hydrogens is 356 g/mol. The number of ether oxygens (including phenoxy) is 1. The summed E-state index contributed by atoms with van der Waals surface area (Å²) < 4.78 is 6.32. The standard InChI is InChI=1S/C15H14Br2O/c1-10-8-13(18-2)6-7-14(10)15(17)11-4-3-5-12(16)9-11/h3-9,15H,1-2H3. The number of benzene rings is 2. The highest BCUT2D eigenvalue weighted by molar-refractivity contribution is 9.10. The average molecular weight is 370 g/mol. The maximum atomic E-state index is 5.23. The van der Waals surface area contributed by atoms with E-state index in [1.807, 2.05) is 18.2 Å². The highest BCUT2D eigenvalue weighted by Crippen LogP contribution is 2.35. The molecule has 0 heterocycles. The van der Waals surface area contributed by atoms with Crippen molar-refractivity contribution in [3.05, 3.63) is 63.6 Å². The molecule has 1 unspecified atom stereocenters. The monoisotopic (exact) mass is 368 g/mol. The van der Waals surface area contributed by atoms with Crippen LogP contribution in [0.5, 0.6) is 5.75 Å². The fraction of sp³-hybridized carbons (Fsp3) is 0.200. The van der Waals surface area contributed by atoms with Crippen molar-refractivity contribution in [1.29, 1.82) is 0 Å². The maximum Gasteiger partial charge on any atom is 0.119 e. The Labute approximate surface area is 124 Å². The van der Waals surface area contributed by atoms with Crippen molar-refractivity contribution in [3.63, 3.8) is 0 Å². The zero-order valence-corrected chi connectivity index (χ0v) is 13.5. The highest BCUT2D eigenvalue weighted by Gasteiger charge is 2.13. The summed E-state index contributed by atoms with van der Waals surface area (Å²) >= 11 is 7.27. The van der Waals surface area contributed by atoms with Crippen LogP contribution in [-0.2, 0) is 0 Å². The number of hydrogen-bond donors (Lipinski definition) is 0. The number of rotatable bonds is 3. The van der Waals surface area contributed by atoms with Crippen LogP contribution in [0.4, 0.5) is 0 Å². The van der Waals surface area contributed by atoms with Gasteiger partial charge in [0, 0.05) is 4.47 Å². The van der Waals surface area contributed by atoms with E-state index in [1.165, 1.54) is 16.7 Å². The molecule has 2 aromatic rings. The average Bonchev–Trinajstić information content (AvgIpc) is 2.37. The van der Waals surface area contributed by atoms with Crippen molar-refractivity contribution < 1.29 is 4.74 Å². The Morgan fingerprint density at radius 3 is 2.50 bits per heavy atom. The van der Waals surface area contributed by atoms with Crippen molar-refractivity contribution in [2.75, 3.05) is 7.11 Å². The first-order chi connectivity index (χ1) is 8.61. The molecule has 0 saturated heterocycles. The van der Waals surface area contributed by atoms with Crippen molar-refractivity contribution in [3.8, 4) is 5.75 Å². The molecule has 3 heteroatoms. The van der Waals surface area contributed by atoms with Crippen molar-refractivity contribution in [1.82, 2.24) is 0 Å². The summed E-state index contributed by atoms with van der Waals surface area (Å²) in [5, 5.41) is 0. The fourth-order valence-electron chi connectivity index (χ4n) is 1.90. The van der Waals surface area contributed by atoms with Gasteiger partial charge < -0.3 is 4.74 Å². The second-order valence-corrected chi connectivity index (χ2v) is 5.97. The summed E-state index contributed by atoms with van der Waals surface area (Å²) in [7, 11) is 1.69. The lowest BCUT2D eigenvalue weighted by molar-refractivity contribution is 0.414. The van der Waals surface area contributed by atoms with E-state index < -0.39 is 0 Å². The van der Waals surface area contributed by atoms with Crippen LogP contribution in [0.3, 0.4) is 0 Å². The Morgan fingerprint density at radius 2 is 1.89 bits per heavy atom. The molecule has 0 amide bonds. The zero-order chi connectivity index (χ0) is 13.1. The largest absolute Gasteiger partial charge is 0.497 e. The van der Waals surface area contributed by atoms with Gasteiger partial charge in [-0.15, -0.1) is 0 Å². The van der Waals surface area contributed by atoms with Gasteiger partial charge in [-0.05, 0) is 47.9 Å². The normalized spacial score (nSPS) is 12.2. The Kier molecular flexibility index (Phi) is 4.46. The molecule has 0 radical (unpaired) electrons. The quantitative estimate of drug-likeness (QED) is 0.671. The van der Waals surface area contributed by atoms with Gasteiger partial charge in [-0.2, -0.15) is 0 Å². The molecule has 0 spiro atoms. The maximum absolute atomic E-state index is 5.23. The van der Waals surface area contributed by atoms with Crippen molar-refractivity contribution >= 4 is 31.9 Å². The van der Waals surface area contributed by atoms with Gasteiger partial charge in [0.1, 0.15) is 5.75 Å². The van der Waals surface area contributed by atoms with Crippen LogP contribution in [-0.4, -0.2) is 7.11 Å². The molecule has 0 fully saturated rings. The SMILES string of the molecule is COc1ccc(C(Br)c2cccc(Br)c2)c(C)c1. The van der Waals surface area contributed by atoms with Crippen molar-refractivity contribution in [2.45, 2.75) is 11.8 Å². The van der Waals surface area contributed by atoms with Crippen LogP contribution >= 0.6 is 31.9 Å². The van der Waals surface area contributed by atoms with Gasteiger partial charge >= 0.3 is 0 Å². The minimum atomic E-state index is 0.195. The summed E-state index contributed by atoms with van der Waals surface area (Å²) in [6.07, 6.45) is 0. The number of methoxy groups -OCH3 is 1. The topological polar surface area (TPSA) is 9.23 Å². The Hall–Kier alpha value is -0.800. The van der Waals surface area contributed by atoms with Crippen LogP contribution in [0.25, 0.3) is 0 Å². The molecular formula is C15H14Br2O. The molecule has 0 aliphatic heterocycles. The van der Waals surface area contributed by atoms with Gasteiger partial charge in [-0.25, -0.2) is 0 Å². The molecule has 1 nitrogen and oxygen atoms in total. The van der Waals surface area contributed by atoms with Gasteiger partial charge in [0.25, 0.3) is 0 Å².